The Labute approximate surface area is 87.6 Å². The normalized spacial score (nSPS) is 9.85. The minimum Gasteiger partial charge on any atom is -0.507 e. The number of hydrogen-bond donors (Lipinski definition) is 1. The van der Waals surface area contributed by atoms with Crippen molar-refractivity contribution in [1.82, 2.24) is 0 Å². The SMILES string of the molecule is CC(C)=C(O)c1ccc(Cl)c(Cl)c1. The second kappa shape index (κ2) is 4.03. The van der Waals surface area contributed by atoms with E-state index in [1.165, 1.54) is 0 Å². The third kappa shape index (κ3) is 2.39. The zero-order chi connectivity index (χ0) is 10.0. The van der Waals surface area contributed by atoms with Gasteiger partial charge in [0.05, 0.1) is 10.0 Å². The highest BCUT2D eigenvalue weighted by Crippen LogP contribution is 2.26. The van der Waals surface area contributed by atoms with E-state index in [1.54, 1.807) is 18.2 Å². The highest BCUT2D eigenvalue weighted by atomic mass is 35.5. The van der Waals surface area contributed by atoms with Gasteiger partial charge < -0.3 is 5.11 Å². The largest absolute Gasteiger partial charge is 0.507 e. The summed E-state index contributed by atoms with van der Waals surface area (Å²) in [6.07, 6.45) is 0. The van der Waals surface area contributed by atoms with Crippen molar-refractivity contribution in [3.8, 4) is 0 Å². The van der Waals surface area contributed by atoms with Crippen LogP contribution in [0.25, 0.3) is 5.76 Å². The van der Waals surface area contributed by atoms with Gasteiger partial charge in [-0.1, -0.05) is 23.2 Å². The molecule has 0 aliphatic carbocycles. The van der Waals surface area contributed by atoms with Crippen LogP contribution in [0.2, 0.25) is 10.0 Å². The standard InChI is InChI=1S/C10H10Cl2O/c1-6(2)10(13)7-3-4-8(11)9(12)5-7/h3-5,13H,1-2H3. The van der Waals surface area contributed by atoms with Gasteiger partial charge in [-0.3, -0.25) is 0 Å². The minimum atomic E-state index is 0.249. The molecule has 1 aromatic rings. The molecule has 0 aromatic heterocycles. The van der Waals surface area contributed by atoms with Crippen molar-refractivity contribution < 1.29 is 5.11 Å². The Morgan fingerprint density at radius 3 is 2.23 bits per heavy atom. The quantitative estimate of drug-likeness (QED) is 0.695. The molecule has 0 heterocycles. The molecule has 1 aromatic carbocycles. The van der Waals surface area contributed by atoms with Crippen molar-refractivity contribution in [2.45, 2.75) is 13.8 Å². The Balaban J connectivity index is 3.19. The predicted molar refractivity (Wildman–Crippen MR) is 57.4 cm³/mol. The van der Waals surface area contributed by atoms with Crippen molar-refractivity contribution in [3.05, 3.63) is 39.4 Å². The van der Waals surface area contributed by atoms with Gasteiger partial charge in [-0.2, -0.15) is 0 Å². The molecule has 0 bridgehead atoms. The Morgan fingerprint density at radius 1 is 1.15 bits per heavy atom. The van der Waals surface area contributed by atoms with Gasteiger partial charge in [0.15, 0.2) is 0 Å². The first-order valence-electron chi connectivity index (χ1n) is 3.84. The smallest absolute Gasteiger partial charge is 0.121 e. The van der Waals surface area contributed by atoms with Crippen molar-refractivity contribution in [2.75, 3.05) is 0 Å². The molecule has 0 aliphatic heterocycles. The molecule has 0 fully saturated rings. The molecule has 1 nitrogen and oxygen atoms in total. The van der Waals surface area contributed by atoms with Crippen LogP contribution in [-0.2, 0) is 0 Å². The lowest BCUT2D eigenvalue weighted by atomic mass is 10.1. The molecule has 1 N–H and O–H groups in total. The van der Waals surface area contributed by atoms with E-state index in [0.29, 0.717) is 15.6 Å². The number of allylic oxidation sites excluding steroid dienone is 1. The molecule has 0 amide bonds. The summed E-state index contributed by atoms with van der Waals surface area (Å²) in [6.45, 7) is 3.66. The van der Waals surface area contributed by atoms with Crippen LogP contribution in [0.1, 0.15) is 19.4 Å². The number of halogens is 2. The van der Waals surface area contributed by atoms with Crippen molar-refractivity contribution in [1.29, 1.82) is 0 Å². The van der Waals surface area contributed by atoms with Crippen LogP contribution in [0.15, 0.2) is 23.8 Å². The lowest BCUT2D eigenvalue weighted by Gasteiger charge is -2.03. The molecule has 0 atom stereocenters. The lowest BCUT2D eigenvalue weighted by molar-refractivity contribution is 0.506. The fourth-order valence-corrected chi connectivity index (χ4v) is 1.23. The van der Waals surface area contributed by atoms with Gasteiger partial charge in [0.1, 0.15) is 5.76 Å². The summed E-state index contributed by atoms with van der Waals surface area (Å²) in [5.41, 5.74) is 1.53. The van der Waals surface area contributed by atoms with Crippen LogP contribution in [0, 0.1) is 0 Å². The molecule has 0 aliphatic rings. The highest BCUT2D eigenvalue weighted by Gasteiger charge is 2.03. The van der Waals surface area contributed by atoms with Gasteiger partial charge in [-0.25, -0.2) is 0 Å². The Hall–Kier alpha value is -0.660. The van der Waals surface area contributed by atoms with Crippen molar-refractivity contribution in [3.63, 3.8) is 0 Å². The predicted octanol–water partition coefficient (Wildman–Crippen LogP) is 4.30. The van der Waals surface area contributed by atoms with E-state index in [4.69, 9.17) is 23.2 Å². The monoisotopic (exact) mass is 216 g/mol. The molecule has 70 valence electrons. The zero-order valence-corrected chi connectivity index (χ0v) is 8.95. The molecule has 0 unspecified atom stereocenters. The van der Waals surface area contributed by atoms with Gasteiger partial charge in [0.25, 0.3) is 0 Å². The first-order valence-corrected chi connectivity index (χ1v) is 4.60. The van der Waals surface area contributed by atoms with Crippen LogP contribution in [0.4, 0.5) is 0 Å². The maximum absolute atomic E-state index is 9.59. The van der Waals surface area contributed by atoms with Gasteiger partial charge in [-0.05, 0) is 37.6 Å². The number of aliphatic hydroxyl groups is 1. The summed E-state index contributed by atoms with van der Waals surface area (Å²) in [4.78, 5) is 0. The van der Waals surface area contributed by atoms with E-state index in [9.17, 15) is 5.11 Å². The van der Waals surface area contributed by atoms with Crippen LogP contribution in [0.5, 0.6) is 0 Å². The molecule has 0 saturated heterocycles. The van der Waals surface area contributed by atoms with Crippen molar-refractivity contribution in [2.24, 2.45) is 0 Å². The zero-order valence-electron chi connectivity index (χ0n) is 7.44. The first-order chi connectivity index (χ1) is 6.02. The molecule has 3 heteroatoms. The maximum Gasteiger partial charge on any atom is 0.121 e. The Kier molecular flexibility index (Phi) is 3.23. The first kappa shape index (κ1) is 10.4. The number of hydrogen-bond acceptors (Lipinski definition) is 1. The second-order valence-corrected chi connectivity index (χ2v) is 3.79. The molecule has 0 saturated carbocycles. The molecular formula is C10H10Cl2O. The number of benzene rings is 1. The average molecular weight is 217 g/mol. The van der Waals surface area contributed by atoms with Crippen LogP contribution in [0.3, 0.4) is 0 Å². The molecular weight excluding hydrogens is 207 g/mol. The summed E-state index contributed by atoms with van der Waals surface area (Å²) in [5, 5.41) is 10.5. The third-order valence-corrected chi connectivity index (χ3v) is 2.41. The molecule has 1 rings (SSSR count). The lowest BCUT2D eigenvalue weighted by Crippen LogP contribution is -1.85. The second-order valence-electron chi connectivity index (χ2n) is 2.98. The maximum atomic E-state index is 9.59. The van der Waals surface area contributed by atoms with Gasteiger partial charge in [0.2, 0.25) is 0 Å². The summed E-state index contributed by atoms with van der Waals surface area (Å²) >= 11 is 11.5. The van der Waals surface area contributed by atoms with Crippen LogP contribution >= 0.6 is 23.2 Å². The highest BCUT2D eigenvalue weighted by molar-refractivity contribution is 6.42. The van der Waals surface area contributed by atoms with Gasteiger partial charge in [-0.15, -0.1) is 0 Å². The molecule has 0 spiro atoms. The van der Waals surface area contributed by atoms with E-state index >= 15 is 0 Å². The van der Waals surface area contributed by atoms with Crippen LogP contribution < -0.4 is 0 Å². The van der Waals surface area contributed by atoms with E-state index in [-0.39, 0.29) is 5.76 Å². The fourth-order valence-electron chi connectivity index (χ4n) is 0.932. The number of rotatable bonds is 1. The molecule has 0 radical (unpaired) electrons. The van der Waals surface area contributed by atoms with E-state index in [2.05, 4.69) is 0 Å². The summed E-state index contributed by atoms with van der Waals surface area (Å²) in [5.74, 6) is 0.249. The average Bonchev–Trinajstić information content (AvgIpc) is 2.08. The van der Waals surface area contributed by atoms with Crippen LogP contribution in [-0.4, -0.2) is 5.11 Å². The van der Waals surface area contributed by atoms with Gasteiger partial charge in [0, 0.05) is 5.56 Å². The Morgan fingerprint density at radius 2 is 1.77 bits per heavy atom. The third-order valence-electron chi connectivity index (χ3n) is 1.67. The summed E-state index contributed by atoms with van der Waals surface area (Å²) in [7, 11) is 0. The van der Waals surface area contributed by atoms with Gasteiger partial charge >= 0.3 is 0 Å². The molecule has 13 heavy (non-hydrogen) atoms. The minimum absolute atomic E-state index is 0.249. The summed E-state index contributed by atoms with van der Waals surface area (Å²) in [6, 6.07) is 5.04. The fraction of sp³-hybridized carbons (Fsp3) is 0.200. The number of aliphatic hydroxyl groups excluding tert-OH is 1. The van der Waals surface area contributed by atoms with E-state index in [0.717, 1.165) is 5.57 Å². The summed E-state index contributed by atoms with van der Waals surface area (Å²) < 4.78 is 0. The van der Waals surface area contributed by atoms with E-state index in [1.807, 2.05) is 13.8 Å². The topological polar surface area (TPSA) is 20.2 Å². The van der Waals surface area contributed by atoms with E-state index < -0.39 is 0 Å². The Bertz CT molecular complexity index is 352. The van der Waals surface area contributed by atoms with Crippen molar-refractivity contribution >= 4 is 29.0 Å².